The Hall–Kier alpha value is -1.99. The molecule has 0 unspecified atom stereocenters. The summed E-state index contributed by atoms with van der Waals surface area (Å²) in [5.74, 6) is 0.801. The highest BCUT2D eigenvalue weighted by molar-refractivity contribution is 9.10. The molecule has 0 bridgehead atoms. The number of fused-ring (bicyclic) bond motifs is 1. The van der Waals surface area contributed by atoms with E-state index in [1.807, 2.05) is 24.3 Å². The molecule has 0 saturated carbocycles. The highest BCUT2D eigenvalue weighted by Gasteiger charge is 2.34. The van der Waals surface area contributed by atoms with Crippen molar-refractivity contribution >= 4 is 33.3 Å². The summed E-state index contributed by atoms with van der Waals surface area (Å²) in [4.78, 5) is 0. The maximum absolute atomic E-state index is 13.2. The molecule has 0 spiro atoms. The molecular formula is C18H12BrClF3N3. The molecule has 0 amide bonds. The quantitative estimate of drug-likeness (QED) is 0.532. The van der Waals surface area contributed by atoms with Crippen LogP contribution in [-0.4, -0.2) is 16.3 Å². The van der Waals surface area contributed by atoms with Gasteiger partial charge in [-0.25, -0.2) is 4.68 Å². The molecule has 8 heteroatoms. The van der Waals surface area contributed by atoms with Gasteiger partial charge in [-0.1, -0.05) is 29.8 Å². The van der Waals surface area contributed by atoms with Crippen molar-refractivity contribution in [1.82, 2.24) is 9.78 Å². The Morgan fingerprint density at radius 3 is 2.65 bits per heavy atom. The molecular weight excluding hydrogens is 431 g/mol. The van der Waals surface area contributed by atoms with Crippen LogP contribution in [0.2, 0.25) is 5.02 Å². The summed E-state index contributed by atoms with van der Waals surface area (Å²) in [5.41, 5.74) is 1.79. The van der Waals surface area contributed by atoms with Gasteiger partial charge in [-0.3, -0.25) is 0 Å². The van der Waals surface area contributed by atoms with Crippen LogP contribution in [0.5, 0.6) is 0 Å². The molecule has 3 nitrogen and oxygen atoms in total. The Morgan fingerprint density at radius 2 is 1.92 bits per heavy atom. The fraction of sp³-hybridized carbons (Fsp3) is 0.167. The summed E-state index contributed by atoms with van der Waals surface area (Å²) in [6, 6.07) is 11.5. The van der Waals surface area contributed by atoms with Crippen LogP contribution in [0.25, 0.3) is 16.9 Å². The normalized spacial score (nSPS) is 13.6. The molecule has 1 aromatic heterocycles. The van der Waals surface area contributed by atoms with Crippen LogP contribution in [0.3, 0.4) is 0 Å². The summed E-state index contributed by atoms with van der Waals surface area (Å²) in [7, 11) is 0. The summed E-state index contributed by atoms with van der Waals surface area (Å²) in [6.45, 7) is 0.713. The molecule has 0 fully saturated rings. The highest BCUT2D eigenvalue weighted by Crippen LogP contribution is 2.40. The van der Waals surface area contributed by atoms with Crippen LogP contribution in [0.15, 0.2) is 46.9 Å². The van der Waals surface area contributed by atoms with Crippen LogP contribution in [0.4, 0.5) is 19.0 Å². The maximum atomic E-state index is 13.2. The minimum atomic E-state index is -4.51. The number of hydrogen-bond donors (Lipinski definition) is 1. The average Bonchev–Trinajstić information content (AvgIpc) is 3.18. The standard InChI is InChI=1S/C18H12BrClF3N3/c19-13-3-1-2-4-15(13)26-17-11(7-8-24-17)16(25-26)10-5-6-14(20)12(9-10)18(21,22)23/h1-6,9,24H,7-8H2. The van der Waals surface area contributed by atoms with Gasteiger partial charge < -0.3 is 5.32 Å². The monoisotopic (exact) mass is 441 g/mol. The first-order valence-electron chi connectivity index (χ1n) is 7.84. The van der Waals surface area contributed by atoms with E-state index in [0.29, 0.717) is 24.2 Å². The number of rotatable bonds is 2. The Labute approximate surface area is 160 Å². The van der Waals surface area contributed by atoms with Gasteiger partial charge in [-0.2, -0.15) is 18.3 Å². The largest absolute Gasteiger partial charge is 0.417 e. The van der Waals surface area contributed by atoms with Crippen molar-refractivity contribution in [3.63, 3.8) is 0 Å². The number of halogens is 5. The Morgan fingerprint density at radius 1 is 1.15 bits per heavy atom. The molecule has 1 N–H and O–H groups in total. The molecule has 0 saturated heterocycles. The zero-order chi connectivity index (χ0) is 18.5. The first-order valence-corrected chi connectivity index (χ1v) is 9.01. The number of nitrogens with one attached hydrogen (secondary N) is 1. The van der Waals surface area contributed by atoms with Crippen molar-refractivity contribution < 1.29 is 13.2 Å². The summed E-state index contributed by atoms with van der Waals surface area (Å²) >= 11 is 9.24. The van der Waals surface area contributed by atoms with Gasteiger partial charge in [-0.15, -0.1) is 0 Å². The van der Waals surface area contributed by atoms with Crippen molar-refractivity contribution in [2.75, 3.05) is 11.9 Å². The first-order chi connectivity index (χ1) is 12.4. The Kier molecular flexibility index (Phi) is 4.23. The molecule has 1 aliphatic rings. The lowest BCUT2D eigenvalue weighted by molar-refractivity contribution is -0.137. The lowest BCUT2D eigenvalue weighted by atomic mass is 10.0. The number of anilines is 1. The Bertz CT molecular complexity index is 998. The van der Waals surface area contributed by atoms with E-state index in [4.69, 9.17) is 11.6 Å². The predicted molar refractivity (Wildman–Crippen MR) is 98.9 cm³/mol. The lowest BCUT2D eigenvalue weighted by Crippen LogP contribution is -2.07. The van der Waals surface area contributed by atoms with Gasteiger partial charge in [0.25, 0.3) is 0 Å². The number of para-hydroxylation sites is 1. The maximum Gasteiger partial charge on any atom is 0.417 e. The van der Waals surface area contributed by atoms with Crippen LogP contribution in [0, 0.1) is 0 Å². The number of aromatic nitrogens is 2. The third-order valence-corrected chi connectivity index (χ3v) is 5.28. The summed E-state index contributed by atoms with van der Waals surface area (Å²) in [6.07, 6.45) is -3.82. The molecule has 2 heterocycles. The second-order valence-corrected chi connectivity index (χ2v) is 7.17. The molecule has 4 rings (SSSR count). The molecule has 0 aliphatic carbocycles. The van der Waals surface area contributed by atoms with Crippen molar-refractivity contribution in [3.8, 4) is 16.9 Å². The van der Waals surface area contributed by atoms with Crippen LogP contribution in [0.1, 0.15) is 11.1 Å². The highest BCUT2D eigenvalue weighted by atomic mass is 79.9. The fourth-order valence-electron chi connectivity index (χ4n) is 3.09. The Balaban J connectivity index is 1.90. The van der Waals surface area contributed by atoms with Crippen LogP contribution >= 0.6 is 27.5 Å². The lowest BCUT2D eigenvalue weighted by Gasteiger charge is -2.10. The SMILES string of the molecule is FC(F)(F)c1cc(-c2nn(-c3ccccc3Br)c3c2CCN3)ccc1Cl. The van der Waals surface area contributed by atoms with Gasteiger partial charge in [0.05, 0.1) is 22.0 Å². The van der Waals surface area contributed by atoms with Crippen molar-refractivity contribution in [2.24, 2.45) is 0 Å². The van der Waals surface area contributed by atoms with Crippen LogP contribution in [-0.2, 0) is 12.6 Å². The van der Waals surface area contributed by atoms with E-state index in [0.717, 1.165) is 27.6 Å². The average molecular weight is 443 g/mol. The second kappa shape index (κ2) is 6.32. The zero-order valence-corrected chi connectivity index (χ0v) is 15.6. The van der Waals surface area contributed by atoms with Crippen LogP contribution < -0.4 is 5.32 Å². The molecule has 3 aromatic rings. The van der Waals surface area contributed by atoms with E-state index in [-0.39, 0.29) is 5.02 Å². The number of benzene rings is 2. The van der Waals surface area contributed by atoms with Gasteiger partial charge >= 0.3 is 6.18 Å². The third-order valence-electron chi connectivity index (χ3n) is 4.28. The van der Waals surface area contributed by atoms with Gasteiger partial charge in [0.1, 0.15) is 5.82 Å². The van der Waals surface area contributed by atoms with E-state index in [1.165, 1.54) is 6.07 Å². The van der Waals surface area contributed by atoms with Crippen molar-refractivity contribution in [1.29, 1.82) is 0 Å². The van der Waals surface area contributed by atoms with Gasteiger partial charge in [-0.05, 0) is 46.6 Å². The molecule has 0 radical (unpaired) electrons. The smallest absolute Gasteiger partial charge is 0.369 e. The van der Waals surface area contributed by atoms with Gasteiger partial charge in [0, 0.05) is 22.1 Å². The van der Waals surface area contributed by atoms with Gasteiger partial charge in [0.2, 0.25) is 0 Å². The fourth-order valence-corrected chi connectivity index (χ4v) is 3.77. The number of alkyl halides is 3. The molecule has 0 atom stereocenters. The number of hydrogen-bond acceptors (Lipinski definition) is 2. The molecule has 1 aliphatic heterocycles. The zero-order valence-electron chi connectivity index (χ0n) is 13.2. The van der Waals surface area contributed by atoms with E-state index in [1.54, 1.807) is 10.7 Å². The van der Waals surface area contributed by atoms with Crippen molar-refractivity contribution in [2.45, 2.75) is 12.6 Å². The minimum Gasteiger partial charge on any atom is -0.369 e. The van der Waals surface area contributed by atoms with E-state index < -0.39 is 11.7 Å². The molecule has 2 aromatic carbocycles. The van der Waals surface area contributed by atoms with Crippen molar-refractivity contribution in [3.05, 3.63) is 63.1 Å². The topological polar surface area (TPSA) is 29.9 Å². The second-order valence-electron chi connectivity index (χ2n) is 5.91. The summed E-state index contributed by atoms with van der Waals surface area (Å²) in [5, 5.41) is 7.55. The minimum absolute atomic E-state index is 0.318. The molecule has 134 valence electrons. The van der Waals surface area contributed by atoms with Gasteiger partial charge in [0.15, 0.2) is 0 Å². The first kappa shape index (κ1) is 17.4. The van der Waals surface area contributed by atoms with E-state index in [9.17, 15) is 13.2 Å². The predicted octanol–water partition coefficient (Wildman–Crippen LogP) is 5.94. The molecule has 26 heavy (non-hydrogen) atoms. The summed E-state index contributed by atoms with van der Waals surface area (Å²) < 4.78 is 42.2. The van der Waals surface area contributed by atoms with E-state index >= 15 is 0 Å². The third kappa shape index (κ3) is 2.89. The van der Waals surface area contributed by atoms with E-state index in [2.05, 4.69) is 26.3 Å². The number of nitrogens with zero attached hydrogens (tertiary/aromatic N) is 2.